The molecule has 3 heterocycles. The molecule has 2 saturated heterocycles. The normalized spacial score (nSPS) is 21.7. The zero-order valence-corrected chi connectivity index (χ0v) is 23.2. The third kappa shape index (κ3) is 4.47. The number of piperidine rings is 2. The number of benzene rings is 3. The molecule has 4 aromatic rings. The van der Waals surface area contributed by atoms with E-state index in [1.807, 2.05) is 12.3 Å². The van der Waals surface area contributed by atoms with Crippen LogP contribution in [-0.2, 0) is 6.42 Å². The van der Waals surface area contributed by atoms with Gasteiger partial charge < -0.3 is 4.90 Å². The molecule has 3 aromatic carbocycles. The van der Waals surface area contributed by atoms with Crippen molar-refractivity contribution in [1.82, 2.24) is 9.88 Å². The van der Waals surface area contributed by atoms with Crippen molar-refractivity contribution in [3.8, 4) is 22.4 Å². The van der Waals surface area contributed by atoms with Gasteiger partial charge in [-0.25, -0.2) is 0 Å². The smallest absolute Gasteiger partial charge is 0.0714 e. The standard InChI is InChI=1S/C36H39N3/c1-36(39-23-11-4-12-24-39)19-18-30-32(26-36)34(27-13-5-2-6-14-27)29-17-16-28(38-21-9-3-10-22-38)25-31(29)35(30)33-15-7-8-20-37-33/h2,5-8,13-20,25H,3-4,9-12,21-24,26H2,1H3. The van der Waals surface area contributed by atoms with Crippen LogP contribution >= 0.6 is 0 Å². The second-order valence-electron chi connectivity index (χ2n) is 11.9. The van der Waals surface area contributed by atoms with E-state index in [0.29, 0.717) is 0 Å². The second kappa shape index (κ2) is 10.3. The maximum Gasteiger partial charge on any atom is 0.0714 e. The van der Waals surface area contributed by atoms with E-state index in [1.54, 1.807) is 0 Å². The van der Waals surface area contributed by atoms with Gasteiger partial charge in [0.05, 0.1) is 5.69 Å². The zero-order valence-electron chi connectivity index (χ0n) is 23.2. The number of nitrogens with zero attached hydrogens (tertiary/aromatic N) is 3. The molecule has 1 aromatic heterocycles. The van der Waals surface area contributed by atoms with Crippen LogP contribution in [0.5, 0.6) is 0 Å². The van der Waals surface area contributed by atoms with Gasteiger partial charge in [-0.05, 0) is 116 Å². The van der Waals surface area contributed by atoms with Gasteiger partial charge in [-0.15, -0.1) is 0 Å². The lowest BCUT2D eigenvalue weighted by atomic mass is 9.75. The Morgan fingerprint density at radius 1 is 0.718 bits per heavy atom. The molecule has 3 aliphatic rings. The van der Waals surface area contributed by atoms with E-state index in [-0.39, 0.29) is 5.54 Å². The van der Waals surface area contributed by atoms with Gasteiger partial charge in [0.2, 0.25) is 0 Å². The Balaban J connectivity index is 1.51. The molecular formula is C36H39N3. The van der Waals surface area contributed by atoms with Crippen LogP contribution < -0.4 is 4.90 Å². The third-order valence-electron chi connectivity index (χ3n) is 9.36. The minimum Gasteiger partial charge on any atom is -0.372 e. The fourth-order valence-electron chi connectivity index (χ4n) is 7.29. The molecule has 3 heteroatoms. The monoisotopic (exact) mass is 513 g/mol. The van der Waals surface area contributed by atoms with E-state index in [2.05, 4.69) is 89.5 Å². The molecule has 3 nitrogen and oxygen atoms in total. The van der Waals surface area contributed by atoms with E-state index in [0.717, 1.165) is 25.2 Å². The van der Waals surface area contributed by atoms with Crippen LogP contribution in [0.3, 0.4) is 0 Å². The number of hydrogen-bond acceptors (Lipinski definition) is 3. The van der Waals surface area contributed by atoms with Crippen molar-refractivity contribution in [3.05, 3.63) is 90.1 Å². The lowest BCUT2D eigenvalue weighted by molar-refractivity contribution is 0.118. The van der Waals surface area contributed by atoms with Gasteiger partial charge in [-0.1, -0.05) is 61.0 Å². The van der Waals surface area contributed by atoms with Gasteiger partial charge in [0, 0.05) is 36.1 Å². The topological polar surface area (TPSA) is 19.4 Å². The summed E-state index contributed by atoms with van der Waals surface area (Å²) in [7, 11) is 0. The fourth-order valence-corrected chi connectivity index (χ4v) is 7.29. The largest absolute Gasteiger partial charge is 0.372 e. The summed E-state index contributed by atoms with van der Waals surface area (Å²) in [6.45, 7) is 7.13. The molecule has 0 N–H and O–H groups in total. The number of anilines is 1. The van der Waals surface area contributed by atoms with Crippen LogP contribution in [0.1, 0.15) is 56.6 Å². The van der Waals surface area contributed by atoms with Crippen LogP contribution in [0.25, 0.3) is 39.2 Å². The molecular weight excluding hydrogens is 474 g/mol. The Morgan fingerprint density at radius 2 is 1.46 bits per heavy atom. The highest BCUT2D eigenvalue weighted by atomic mass is 15.2. The molecule has 1 atom stereocenters. The van der Waals surface area contributed by atoms with E-state index < -0.39 is 0 Å². The molecule has 2 fully saturated rings. The summed E-state index contributed by atoms with van der Waals surface area (Å²) in [5, 5.41) is 2.67. The highest BCUT2D eigenvalue weighted by molar-refractivity contribution is 6.10. The molecule has 0 saturated carbocycles. The van der Waals surface area contributed by atoms with Crippen LogP contribution in [0, 0.1) is 0 Å². The Morgan fingerprint density at radius 3 is 2.21 bits per heavy atom. The molecule has 0 radical (unpaired) electrons. The molecule has 2 aliphatic heterocycles. The van der Waals surface area contributed by atoms with Crippen LogP contribution in [0.4, 0.5) is 5.69 Å². The maximum atomic E-state index is 4.92. The SMILES string of the molecule is CC1(N2CCCCC2)C=Cc2c(c(-c3ccccc3)c3ccc(N4CCCCC4)cc3c2-c2ccccn2)C1. The van der Waals surface area contributed by atoms with E-state index >= 15 is 0 Å². The number of hydrogen-bond donors (Lipinski definition) is 0. The zero-order chi connectivity index (χ0) is 26.2. The summed E-state index contributed by atoms with van der Waals surface area (Å²) in [5.41, 5.74) is 9.26. The molecule has 0 bridgehead atoms. The third-order valence-corrected chi connectivity index (χ3v) is 9.36. The molecule has 1 aliphatic carbocycles. The number of fused-ring (bicyclic) bond motifs is 2. The highest BCUT2D eigenvalue weighted by Gasteiger charge is 2.36. The van der Waals surface area contributed by atoms with Gasteiger partial charge >= 0.3 is 0 Å². The first kappa shape index (κ1) is 24.6. The van der Waals surface area contributed by atoms with Crippen molar-refractivity contribution in [2.24, 2.45) is 0 Å². The molecule has 1 unspecified atom stereocenters. The van der Waals surface area contributed by atoms with Gasteiger partial charge in [-0.2, -0.15) is 0 Å². The maximum absolute atomic E-state index is 4.92. The Labute approximate surface area is 233 Å². The van der Waals surface area contributed by atoms with E-state index in [4.69, 9.17) is 4.98 Å². The van der Waals surface area contributed by atoms with Crippen molar-refractivity contribution < 1.29 is 0 Å². The highest BCUT2D eigenvalue weighted by Crippen LogP contribution is 2.47. The fraction of sp³-hybridized carbons (Fsp3) is 0.361. The Bertz CT molecular complexity index is 1500. The van der Waals surface area contributed by atoms with Gasteiger partial charge in [0.25, 0.3) is 0 Å². The minimum absolute atomic E-state index is 0.0275. The van der Waals surface area contributed by atoms with Gasteiger partial charge in [-0.3, -0.25) is 9.88 Å². The van der Waals surface area contributed by atoms with Crippen molar-refractivity contribution in [2.75, 3.05) is 31.1 Å². The lowest BCUT2D eigenvalue weighted by Crippen LogP contribution is -2.50. The summed E-state index contributed by atoms with van der Waals surface area (Å²) in [6.07, 6.45) is 15.8. The summed E-state index contributed by atoms with van der Waals surface area (Å²) < 4.78 is 0. The number of aromatic nitrogens is 1. The molecule has 0 amide bonds. The van der Waals surface area contributed by atoms with E-state index in [9.17, 15) is 0 Å². The first-order chi connectivity index (χ1) is 19.2. The number of rotatable bonds is 4. The molecule has 7 rings (SSSR count). The minimum atomic E-state index is 0.0275. The van der Waals surface area contributed by atoms with Crippen molar-refractivity contribution in [2.45, 2.75) is 57.4 Å². The van der Waals surface area contributed by atoms with Crippen LogP contribution in [0.2, 0.25) is 0 Å². The summed E-state index contributed by atoms with van der Waals surface area (Å²) >= 11 is 0. The molecule has 39 heavy (non-hydrogen) atoms. The van der Waals surface area contributed by atoms with Gasteiger partial charge in [0.15, 0.2) is 0 Å². The van der Waals surface area contributed by atoms with Crippen molar-refractivity contribution in [1.29, 1.82) is 0 Å². The number of likely N-dealkylation sites (tertiary alicyclic amines) is 1. The summed E-state index contributed by atoms with van der Waals surface area (Å²) in [6, 6.07) is 24.7. The van der Waals surface area contributed by atoms with Crippen molar-refractivity contribution >= 4 is 22.5 Å². The average Bonchev–Trinajstić information content (AvgIpc) is 3.01. The van der Waals surface area contributed by atoms with Crippen molar-refractivity contribution in [3.63, 3.8) is 0 Å². The summed E-state index contributed by atoms with van der Waals surface area (Å²) in [4.78, 5) is 10.2. The van der Waals surface area contributed by atoms with Gasteiger partial charge in [0.1, 0.15) is 0 Å². The molecule has 0 spiro atoms. The average molecular weight is 514 g/mol. The van der Waals surface area contributed by atoms with Crippen LogP contribution in [-0.4, -0.2) is 41.6 Å². The Hall–Kier alpha value is -3.43. The number of pyridine rings is 1. The molecule has 198 valence electrons. The predicted molar refractivity (Wildman–Crippen MR) is 165 cm³/mol. The predicted octanol–water partition coefficient (Wildman–Crippen LogP) is 8.37. The first-order valence-electron chi connectivity index (χ1n) is 15.0. The Kier molecular flexibility index (Phi) is 6.48. The van der Waals surface area contributed by atoms with Crippen LogP contribution in [0.15, 0.2) is 79.0 Å². The summed E-state index contributed by atoms with van der Waals surface area (Å²) in [5.74, 6) is 0. The lowest BCUT2D eigenvalue weighted by Gasteiger charge is -2.44. The van der Waals surface area contributed by atoms with E-state index in [1.165, 1.54) is 95.9 Å². The first-order valence-corrected chi connectivity index (χ1v) is 15.0. The quantitative estimate of drug-likeness (QED) is 0.273. The second-order valence-corrected chi connectivity index (χ2v) is 11.9.